The van der Waals surface area contributed by atoms with Crippen molar-refractivity contribution in [3.05, 3.63) is 97.1 Å². The van der Waals surface area contributed by atoms with Crippen molar-refractivity contribution in [3.63, 3.8) is 0 Å². The molecule has 0 aliphatic rings. The second-order valence-electron chi connectivity index (χ2n) is 9.37. The van der Waals surface area contributed by atoms with Gasteiger partial charge in [-0.25, -0.2) is 14.8 Å². The van der Waals surface area contributed by atoms with Gasteiger partial charge in [-0.15, -0.1) is 0 Å². The Morgan fingerprint density at radius 2 is 1.87 bits per heavy atom. The van der Waals surface area contributed by atoms with Gasteiger partial charge in [-0.1, -0.05) is 16.8 Å². The first-order chi connectivity index (χ1) is 18.7. The molecule has 1 atom stereocenters. The van der Waals surface area contributed by atoms with E-state index in [1.165, 1.54) is 0 Å². The van der Waals surface area contributed by atoms with Gasteiger partial charge in [-0.2, -0.15) is 0 Å². The summed E-state index contributed by atoms with van der Waals surface area (Å²) in [4.78, 5) is 36.3. The van der Waals surface area contributed by atoms with Crippen LogP contribution in [0.25, 0.3) is 39.5 Å². The number of H-pyrrole nitrogens is 1. The van der Waals surface area contributed by atoms with Crippen molar-refractivity contribution in [3.8, 4) is 28.6 Å². The van der Waals surface area contributed by atoms with E-state index in [9.17, 15) is 9.59 Å². The van der Waals surface area contributed by atoms with Gasteiger partial charge < -0.3 is 13.6 Å². The predicted molar refractivity (Wildman–Crippen MR) is 145 cm³/mol. The van der Waals surface area contributed by atoms with Gasteiger partial charge in [-0.3, -0.25) is 14.3 Å². The maximum atomic E-state index is 13.6. The lowest BCUT2D eigenvalue weighted by Crippen LogP contribution is -2.12. The molecule has 0 radical (unpaired) electrons. The van der Waals surface area contributed by atoms with E-state index in [0.717, 1.165) is 22.5 Å². The van der Waals surface area contributed by atoms with Crippen LogP contribution in [0, 0.1) is 20.8 Å². The fourth-order valence-electron chi connectivity index (χ4n) is 4.67. The summed E-state index contributed by atoms with van der Waals surface area (Å²) in [5.41, 5.74) is 4.97. The van der Waals surface area contributed by atoms with Crippen LogP contribution in [-0.2, 0) is 0 Å². The number of fused-ring (bicyclic) bond motifs is 2. The van der Waals surface area contributed by atoms with Gasteiger partial charge in [-0.05, 0) is 69.7 Å². The van der Waals surface area contributed by atoms with E-state index >= 15 is 0 Å². The molecule has 0 bridgehead atoms. The molecule has 11 heteroatoms. The number of pyridine rings is 2. The van der Waals surface area contributed by atoms with Gasteiger partial charge >= 0.3 is 5.76 Å². The van der Waals surface area contributed by atoms with E-state index in [-0.39, 0.29) is 22.1 Å². The summed E-state index contributed by atoms with van der Waals surface area (Å²) in [6.07, 6.45) is 3.22. The Balaban J connectivity index is 1.49. The summed E-state index contributed by atoms with van der Waals surface area (Å²) in [7, 11) is 0. The summed E-state index contributed by atoms with van der Waals surface area (Å²) < 4.78 is 19.3. The highest BCUT2D eigenvalue weighted by Crippen LogP contribution is 2.35. The molecular formula is C28H22ClN5O5. The Labute approximate surface area is 225 Å². The number of hydrogen-bond donors (Lipinski definition) is 1. The minimum Gasteiger partial charge on any atom is -0.483 e. The number of ether oxygens (including phenoxy) is 1. The molecule has 6 aromatic rings. The van der Waals surface area contributed by atoms with Crippen molar-refractivity contribution in [2.75, 3.05) is 0 Å². The van der Waals surface area contributed by atoms with E-state index in [4.69, 9.17) is 20.8 Å². The molecule has 1 unspecified atom stereocenters. The van der Waals surface area contributed by atoms with Crippen LogP contribution in [0.2, 0.25) is 5.15 Å². The lowest BCUT2D eigenvalue weighted by atomic mass is 10.00. The van der Waals surface area contributed by atoms with Crippen LogP contribution < -0.4 is 15.9 Å². The molecular weight excluding hydrogens is 522 g/mol. The average Bonchev–Trinajstić information content (AvgIpc) is 3.50. The molecule has 39 heavy (non-hydrogen) atoms. The van der Waals surface area contributed by atoms with Crippen molar-refractivity contribution >= 4 is 28.2 Å². The molecule has 0 spiro atoms. The quantitative estimate of drug-likeness (QED) is 0.280. The molecule has 0 amide bonds. The molecule has 1 N–H and O–H groups in total. The maximum Gasteiger partial charge on any atom is 0.439 e. The van der Waals surface area contributed by atoms with Crippen LogP contribution in [0.15, 0.2) is 67.3 Å². The first-order valence-corrected chi connectivity index (χ1v) is 12.5. The van der Waals surface area contributed by atoms with Gasteiger partial charge in [0.05, 0.1) is 11.1 Å². The van der Waals surface area contributed by atoms with E-state index in [2.05, 4.69) is 24.6 Å². The molecule has 5 heterocycles. The smallest absolute Gasteiger partial charge is 0.439 e. The lowest BCUT2D eigenvalue weighted by Gasteiger charge is -2.19. The molecule has 196 valence electrons. The summed E-state index contributed by atoms with van der Waals surface area (Å²) in [5.74, 6) is 0.117. The predicted octanol–water partition coefficient (Wildman–Crippen LogP) is 5.56. The second kappa shape index (κ2) is 9.25. The molecule has 0 aliphatic carbocycles. The van der Waals surface area contributed by atoms with Crippen molar-refractivity contribution in [1.82, 2.24) is 24.5 Å². The van der Waals surface area contributed by atoms with Gasteiger partial charge in [0, 0.05) is 29.1 Å². The van der Waals surface area contributed by atoms with Gasteiger partial charge in [0.15, 0.2) is 11.1 Å². The van der Waals surface area contributed by atoms with Crippen LogP contribution in [0.3, 0.4) is 0 Å². The third kappa shape index (κ3) is 4.38. The second-order valence-corrected chi connectivity index (χ2v) is 9.75. The Kier molecular flexibility index (Phi) is 5.84. The topological polar surface area (TPSA) is 129 Å². The number of benzene rings is 1. The summed E-state index contributed by atoms with van der Waals surface area (Å²) in [6.45, 7) is 7.42. The highest BCUT2D eigenvalue weighted by atomic mass is 35.5. The summed E-state index contributed by atoms with van der Waals surface area (Å²) in [5, 5.41) is 4.35. The Morgan fingerprint density at radius 1 is 1.05 bits per heavy atom. The number of aromatic nitrogens is 5. The van der Waals surface area contributed by atoms with E-state index in [0.29, 0.717) is 33.6 Å². The van der Waals surface area contributed by atoms with Crippen LogP contribution in [-0.4, -0.2) is 24.5 Å². The van der Waals surface area contributed by atoms with Crippen LogP contribution in [0.5, 0.6) is 5.75 Å². The third-order valence-electron chi connectivity index (χ3n) is 6.46. The molecule has 6 rings (SSSR count). The third-order valence-corrected chi connectivity index (χ3v) is 6.67. The summed E-state index contributed by atoms with van der Waals surface area (Å²) in [6, 6.07) is 10.7. The van der Waals surface area contributed by atoms with Crippen molar-refractivity contribution < 1.29 is 13.7 Å². The fraction of sp³-hybridized carbons (Fsp3) is 0.179. The Hall–Kier alpha value is -4.70. The Bertz CT molecular complexity index is 2020. The number of imidazole rings is 1. The first-order valence-electron chi connectivity index (χ1n) is 12.1. The zero-order valence-electron chi connectivity index (χ0n) is 21.4. The van der Waals surface area contributed by atoms with Crippen LogP contribution >= 0.6 is 11.6 Å². The molecule has 0 fully saturated rings. The molecule has 10 nitrogen and oxygen atoms in total. The number of rotatable bonds is 5. The molecule has 5 aromatic heterocycles. The number of halogens is 1. The SMILES string of the molecule is Cc1cc(C(C)Oc2ccc(Cl)nc2-c2noc(=O)[nH]2)c2oc(-c3ccc4nc(C)cn4c3)c(C)c(=O)c2c1. The van der Waals surface area contributed by atoms with Crippen LogP contribution in [0.4, 0.5) is 0 Å². The molecule has 0 saturated carbocycles. The average molecular weight is 544 g/mol. The zero-order chi connectivity index (χ0) is 27.4. The molecule has 1 aromatic carbocycles. The van der Waals surface area contributed by atoms with E-state index < -0.39 is 11.9 Å². The molecule has 0 saturated heterocycles. The van der Waals surface area contributed by atoms with Gasteiger partial charge in [0.1, 0.15) is 34.0 Å². The minimum absolute atomic E-state index is 0.0772. The molecule has 0 aliphatic heterocycles. The van der Waals surface area contributed by atoms with Crippen molar-refractivity contribution in [1.29, 1.82) is 0 Å². The van der Waals surface area contributed by atoms with E-state index in [1.54, 1.807) is 19.1 Å². The first kappa shape index (κ1) is 24.6. The van der Waals surface area contributed by atoms with Gasteiger partial charge in [0.25, 0.3) is 0 Å². The highest BCUT2D eigenvalue weighted by molar-refractivity contribution is 6.29. The van der Waals surface area contributed by atoms with Gasteiger partial charge in [0.2, 0.25) is 5.82 Å². The lowest BCUT2D eigenvalue weighted by molar-refractivity contribution is 0.227. The monoisotopic (exact) mass is 543 g/mol. The fourth-order valence-corrected chi connectivity index (χ4v) is 4.82. The number of aromatic amines is 1. The largest absolute Gasteiger partial charge is 0.483 e. The van der Waals surface area contributed by atoms with Crippen molar-refractivity contribution in [2.24, 2.45) is 0 Å². The van der Waals surface area contributed by atoms with E-state index in [1.807, 2.05) is 61.8 Å². The minimum atomic E-state index is -0.732. The number of hydrogen-bond acceptors (Lipinski definition) is 8. The van der Waals surface area contributed by atoms with Crippen molar-refractivity contribution in [2.45, 2.75) is 33.8 Å². The number of aryl methyl sites for hydroxylation is 2. The highest BCUT2D eigenvalue weighted by Gasteiger charge is 2.22. The summed E-state index contributed by atoms with van der Waals surface area (Å²) >= 11 is 6.10. The maximum absolute atomic E-state index is 13.6. The number of nitrogens with one attached hydrogen (secondary N) is 1. The Morgan fingerprint density at radius 3 is 2.64 bits per heavy atom. The normalized spacial score (nSPS) is 12.3. The number of nitrogens with zero attached hydrogens (tertiary/aromatic N) is 4. The zero-order valence-corrected chi connectivity index (χ0v) is 22.2. The standard InChI is InChI=1S/C28H22ClN5O5/c1-13-9-18(16(4)37-20-6-7-21(29)31-23(20)27-32-28(36)39-33-27)26-19(10-13)24(35)15(3)25(38-26)17-5-8-22-30-14(2)11-34(22)12-17/h5-12,16H,1-4H3,(H,32,33,36). The van der Waals surface area contributed by atoms with Crippen LogP contribution in [0.1, 0.15) is 35.4 Å².